The zero-order chi connectivity index (χ0) is 15.9. The molecule has 6 heteroatoms. The number of urea groups is 1. The largest absolute Gasteiger partial charge is 0.494 e. The average molecular weight is 306 g/mol. The Kier molecular flexibility index (Phi) is 5.63. The molecular weight excluding hydrogens is 284 g/mol. The van der Waals surface area contributed by atoms with Gasteiger partial charge in [-0.2, -0.15) is 0 Å². The SMILES string of the molecule is CCOc1ccccc1CNC(=O)N1CCCC(C(=O)O)C1. The van der Waals surface area contributed by atoms with Crippen molar-refractivity contribution in [3.63, 3.8) is 0 Å². The molecule has 120 valence electrons. The molecule has 0 spiro atoms. The third kappa shape index (κ3) is 4.13. The van der Waals surface area contributed by atoms with Crippen LogP contribution in [0.3, 0.4) is 0 Å². The summed E-state index contributed by atoms with van der Waals surface area (Å²) in [4.78, 5) is 24.8. The van der Waals surface area contributed by atoms with Crippen LogP contribution in [-0.2, 0) is 11.3 Å². The number of carboxylic acid groups (broad SMARTS) is 1. The van der Waals surface area contributed by atoms with Crippen LogP contribution < -0.4 is 10.1 Å². The molecule has 1 unspecified atom stereocenters. The number of likely N-dealkylation sites (tertiary alicyclic amines) is 1. The molecule has 1 aromatic rings. The topological polar surface area (TPSA) is 78.9 Å². The number of nitrogens with one attached hydrogen (secondary N) is 1. The van der Waals surface area contributed by atoms with E-state index in [9.17, 15) is 9.59 Å². The summed E-state index contributed by atoms with van der Waals surface area (Å²) < 4.78 is 5.52. The van der Waals surface area contributed by atoms with Crippen LogP contribution >= 0.6 is 0 Å². The number of amides is 2. The number of hydrogen-bond acceptors (Lipinski definition) is 3. The van der Waals surface area contributed by atoms with Gasteiger partial charge in [0.1, 0.15) is 5.75 Å². The van der Waals surface area contributed by atoms with Gasteiger partial charge in [-0.05, 0) is 25.8 Å². The van der Waals surface area contributed by atoms with Crippen LogP contribution in [0.15, 0.2) is 24.3 Å². The molecule has 0 bridgehead atoms. The van der Waals surface area contributed by atoms with E-state index in [1.165, 1.54) is 0 Å². The standard InChI is InChI=1S/C16H22N2O4/c1-2-22-14-8-4-3-6-12(14)10-17-16(21)18-9-5-7-13(11-18)15(19)20/h3-4,6,8,13H,2,5,7,9-11H2,1H3,(H,17,21)(H,19,20). The van der Waals surface area contributed by atoms with Gasteiger partial charge in [0.2, 0.25) is 0 Å². The molecule has 0 aromatic heterocycles. The van der Waals surface area contributed by atoms with E-state index in [1.807, 2.05) is 31.2 Å². The van der Waals surface area contributed by atoms with Crippen LogP contribution in [0.5, 0.6) is 5.75 Å². The van der Waals surface area contributed by atoms with Crippen LogP contribution in [-0.4, -0.2) is 41.7 Å². The Morgan fingerprint density at radius 3 is 2.91 bits per heavy atom. The fourth-order valence-electron chi connectivity index (χ4n) is 2.59. The smallest absolute Gasteiger partial charge is 0.317 e. The number of benzene rings is 1. The number of piperidine rings is 1. The summed E-state index contributed by atoms with van der Waals surface area (Å²) in [5.41, 5.74) is 0.907. The molecular formula is C16H22N2O4. The van der Waals surface area contributed by atoms with E-state index in [2.05, 4.69) is 5.32 Å². The summed E-state index contributed by atoms with van der Waals surface area (Å²) in [6.45, 7) is 3.72. The van der Waals surface area contributed by atoms with E-state index >= 15 is 0 Å². The molecule has 6 nitrogen and oxygen atoms in total. The monoisotopic (exact) mass is 306 g/mol. The van der Waals surface area contributed by atoms with Crippen molar-refractivity contribution >= 4 is 12.0 Å². The highest BCUT2D eigenvalue weighted by atomic mass is 16.5. The van der Waals surface area contributed by atoms with Gasteiger partial charge in [0.05, 0.1) is 12.5 Å². The van der Waals surface area contributed by atoms with Crippen molar-refractivity contribution in [2.24, 2.45) is 5.92 Å². The van der Waals surface area contributed by atoms with Gasteiger partial charge < -0.3 is 20.1 Å². The van der Waals surface area contributed by atoms with Crippen LogP contribution in [0.25, 0.3) is 0 Å². The van der Waals surface area contributed by atoms with E-state index < -0.39 is 11.9 Å². The fourth-order valence-corrected chi connectivity index (χ4v) is 2.59. The van der Waals surface area contributed by atoms with E-state index in [4.69, 9.17) is 9.84 Å². The Labute approximate surface area is 130 Å². The predicted octanol–water partition coefficient (Wildman–Crippen LogP) is 2.09. The molecule has 1 heterocycles. The van der Waals surface area contributed by atoms with Gasteiger partial charge in [-0.3, -0.25) is 4.79 Å². The molecule has 0 radical (unpaired) electrons. The minimum atomic E-state index is -0.834. The van der Waals surface area contributed by atoms with E-state index in [-0.39, 0.29) is 12.6 Å². The van der Waals surface area contributed by atoms with Gasteiger partial charge in [-0.15, -0.1) is 0 Å². The summed E-state index contributed by atoms with van der Waals surface area (Å²) in [7, 11) is 0. The molecule has 22 heavy (non-hydrogen) atoms. The van der Waals surface area contributed by atoms with Crippen molar-refractivity contribution in [3.8, 4) is 5.75 Å². The minimum absolute atomic E-state index is 0.225. The van der Waals surface area contributed by atoms with Gasteiger partial charge in [-0.1, -0.05) is 18.2 Å². The van der Waals surface area contributed by atoms with E-state index in [0.717, 1.165) is 17.7 Å². The molecule has 1 fully saturated rings. The number of ether oxygens (including phenoxy) is 1. The summed E-state index contributed by atoms with van der Waals surface area (Å²) in [6, 6.07) is 7.33. The lowest BCUT2D eigenvalue weighted by Gasteiger charge is -2.30. The Morgan fingerprint density at radius 2 is 2.18 bits per heavy atom. The van der Waals surface area contributed by atoms with Crippen molar-refractivity contribution < 1.29 is 19.4 Å². The maximum atomic E-state index is 12.2. The number of aliphatic carboxylic acids is 1. The molecule has 1 atom stereocenters. The summed E-state index contributed by atoms with van der Waals surface area (Å²) >= 11 is 0. The van der Waals surface area contributed by atoms with Crippen molar-refractivity contribution in [1.29, 1.82) is 0 Å². The first-order valence-corrected chi connectivity index (χ1v) is 7.58. The zero-order valence-corrected chi connectivity index (χ0v) is 12.7. The second kappa shape index (κ2) is 7.68. The summed E-state index contributed by atoms with van der Waals surface area (Å²) in [5, 5.41) is 11.9. The van der Waals surface area contributed by atoms with Crippen molar-refractivity contribution in [1.82, 2.24) is 10.2 Å². The first-order valence-electron chi connectivity index (χ1n) is 7.58. The lowest BCUT2D eigenvalue weighted by molar-refractivity contribution is -0.143. The molecule has 1 aliphatic rings. The van der Waals surface area contributed by atoms with Gasteiger partial charge in [0.15, 0.2) is 0 Å². The molecule has 0 aliphatic carbocycles. The predicted molar refractivity (Wildman–Crippen MR) is 81.8 cm³/mol. The van der Waals surface area contributed by atoms with Gasteiger partial charge in [-0.25, -0.2) is 4.79 Å². The van der Waals surface area contributed by atoms with E-state index in [0.29, 0.717) is 26.1 Å². The second-order valence-electron chi connectivity index (χ2n) is 5.32. The molecule has 1 saturated heterocycles. The molecule has 1 aliphatic heterocycles. The first kappa shape index (κ1) is 16.1. The number of nitrogens with zero attached hydrogens (tertiary/aromatic N) is 1. The molecule has 2 amide bonds. The second-order valence-corrected chi connectivity index (χ2v) is 5.32. The quantitative estimate of drug-likeness (QED) is 0.873. The van der Waals surface area contributed by atoms with Crippen molar-refractivity contribution in [2.45, 2.75) is 26.3 Å². The fraction of sp³-hybridized carbons (Fsp3) is 0.500. The van der Waals surface area contributed by atoms with Crippen molar-refractivity contribution in [2.75, 3.05) is 19.7 Å². The Bertz CT molecular complexity index is 533. The number of carbonyl (C=O) groups excluding carboxylic acids is 1. The summed E-state index contributed by atoms with van der Waals surface area (Å²) in [6.07, 6.45) is 1.35. The number of para-hydroxylation sites is 1. The number of carboxylic acids is 1. The molecule has 2 rings (SSSR count). The summed E-state index contributed by atoms with van der Waals surface area (Å²) in [5.74, 6) is -0.540. The Hall–Kier alpha value is -2.24. The van der Waals surface area contributed by atoms with E-state index in [1.54, 1.807) is 4.90 Å². The van der Waals surface area contributed by atoms with Crippen LogP contribution in [0, 0.1) is 5.92 Å². The lowest BCUT2D eigenvalue weighted by Crippen LogP contribution is -2.46. The number of hydrogen-bond donors (Lipinski definition) is 2. The normalized spacial score (nSPS) is 17.9. The van der Waals surface area contributed by atoms with Crippen molar-refractivity contribution in [3.05, 3.63) is 29.8 Å². The molecule has 1 aromatic carbocycles. The zero-order valence-electron chi connectivity index (χ0n) is 12.7. The first-order chi connectivity index (χ1) is 10.6. The maximum Gasteiger partial charge on any atom is 0.317 e. The van der Waals surface area contributed by atoms with Crippen LogP contribution in [0.4, 0.5) is 4.79 Å². The maximum absolute atomic E-state index is 12.2. The minimum Gasteiger partial charge on any atom is -0.494 e. The van der Waals surface area contributed by atoms with Gasteiger partial charge in [0, 0.05) is 25.2 Å². The highest BCUT2D eigenvalue weighted by Gasteiger charge is 2.27. The Balaban J connectivity index is 1.91. The third-order valence-corrected chi connectivity index (χ3v) is 3.76. The number of rotatable bonds is 5. The third-order valence-electron chi connectivity index (χ3n) is 3.76. The van der Waals surface area contributed by atoms with Gasteiger partial charge >= 0.3 is 12.0 Å². The van der Waals surface area contributed by atoms with Crippen LogP contribution in [0.2, 0.25) is 0 Å². The highest BCUT2D eigenvalue weighted by molar-refractivity contribution is 5.76. The molecule has 2 N–H and O–H groups in total. The lowest BCUT2D eigenvalue weighted by atomic mass is 9.99. The number of carbonyl (C=O) groups is 2. The molecule has 0 saturated carbocycles. The average Bonchev–Trinajstić information content (AvgIpc) is 2.54. The Morgan fingerprint density at radius 1 is 1.41 bits per heavy atom. The van der Waals surface area contributed by atoms with Crippen LogP contribution in [0.1, 0.15) is 25.3 Å². The highest BCUT2D eigenvalue weighted by Crippen LogP contribution is 2.19. The van der Waals surface area contributed by atoms with Gasteiger partial charge in [0.25, 0.3) is 0 Å².